The fraction of sp³-hybridized carbons (Fsp3) is 0.900. The standard InChI is InChI=1S/C10H14F3NO4/c11-10(12,13)6(15)9-3-1-8(2-4-9,5-18-9)14-7(16)17/h6,14-15H,1-5H2,(H,16,17). The minimum absolute atomic E-state index is 0.00600. The second kappa shape index (κ2) is 3.99. The lowest BCUT2D eigenvalue weighted by atomic mass is 9.69. The number of amides is 1. The number of ether oxygens (including phenoxy) is 1. The van der Waals surface area contributed by atoms with Crippen LogP contribution in [-0.4, -0.2) is 46.3 Å². The molecule has 0 aromatic heterocycles. The lowest BCUT2D eigenvalue weighted by Gasteiger charge is -2.54. The Morgan fingerprint density at radius 1 is 1.28 bits per heavy atom. The summed E-state index contributed by atoms with van der Waals surface area (Å²) in [5.74, 6) is 0. The van der Waals surface area contributed by atoms with Crippen LogP contribution in [-0.2, 0) is 4.74 Å². The van der Waals surface area contributed by atoms with E-state index in [0.29, 0.717) is 0 Å². The van der Waals surface area contributed by atoms with Gasteiger partial charge in [-0.25, -0.2) is 4.79 Å². The molecule has 2 bridgehead atoms. The van der Waals surface area contributed by atoms with Crippen molar-refractivity contribution < 1.29 is 32.9 Å². The Labute approximate surface area is 101 Å². The van der Waals surface area contributed by atoms with Gasteiger partial charge in [0.15, 0.2) is 6.10 Å². The summed E-state index contributed by atoms with van der Waals surface area (Å²) in [7, 11) is 0. The molecule has 5 nitrogen and oxygen atoms in total. The zero-order chi connectivity index (χ0) is 13.6. The molecule has 2 aliphatic heterocycles. The molecule has 3 aliphatic rings. The van der Waals surface area contributed by atoms with Crippen molar-refractivity contribution in [3.63, 3.8) is 0 Å². The van der Waals surface area contributed by atoms with E-state index in [4.69, 9.17) is 9.84 Å². The Kier molecular flexibility index (Phi) is 2.97. The predicted molar refractivity (Wildman–Crippen MR) is 53.1 cm³/mol. The molecule has 2 saturated heterocycles. The van der Waals surface area contributed by atoms with E-state index in [-0.39, 0.29) is 32.3 Å². The van der Waals surface area contributed by atoms with Crippen molar-refractivity contribution in [3.8, 4) is 0 Å². The molecule has 1 atom stereocenters. The third kappa shape index (κ3) is 2.14. The van der Waals surface area contributed by atoms with E-state index in [2.05, 4.69) is 5.32 Å². The number of aliphatic hydroxyl groups is 1. The van der Waals surface area contributed by atoms with Crippen LogP contribution in [0, 0.1) is 0 Å². The summed E-state index contributed by atoms with van der Waals surface area (Å²) in [4.78, 5) is 10.6. The predicted octanol–water partition coefficient (Wildman–Crippen LogP) is 1.26. The molecule has 104 valence electrons. The minimum Gasteiger partial charge on any atom is -0.465 e. The summed E-state index contributed by atoms with van der Waals surface area (Å²) in [5.41, 5.74) is -2.42. The highest BCUT2D eigenvalue weighted by Crippen LogP contribution is 2.48. The SMILES string of the molecule is O=C(O)NC12CCC(C(O)C(F)(F)F)(CC1)OC2. The molecule has 1 amide bonds. The number of alkyl halides is 3. The molecule has 0 radical (unpaired) electrons. The molecule has 0 aromatic carbocycles. The molecule has 0 aromatic rings. The lowest BCUT2D eigenvalue weighted by molar-refractivity contribution is -0.295. The van der Waals surface area contributed by atoms with Crippen LogP contribution in [0.25, 0.3) is 0 Å². The maximum atomic E-state index is 12.5. The number of fused-ring (bicyclic) bond motifs is 3. The normalized spacial score (nSPS) is 37.3. The molecule has 2 heterocycles. The highest BCUT2D eigenvalue weighted by Gasteiger charge is 2.60. The maximum absolute atomic E-state index is 12.5. The molecule has 18 heavy (non-hydrogen) atoms. The van der Waals surface area contributed by atoms with Gasteiger partial charge >= 0.3 is 12.3 Å². The van der Waals surface area contributed by atoms with Crippen LogP contribution in [0.4, 0.5) is 18.0 Å². The van der Waals surface area contributed by atoms with Crippen LogP contribution in [0.2, 0.25) is 0 Å². The Balaban J connectivity index is 2.10. The van der Waals surface area contributed by atoms with Crippen molar-refractivity contribution in [2.45, 2.75) is 49.1 Å². The molecule has 3 rings (SSSR count). The second-order valence-electron chi connectivity index (χ2n) is 5.01. The molecule has 1 saturated carbocycles. The topological polar surface area (TPSA) is 78.8 Å². The zero-order valence-corrected chi connectivity index (χ0v) is 9.46. The van der Waals surface area contributed by atoms with Crippen LogP contribution in [0.1, 0.15) is 25.7 Å². The zero-order valence-electron chi connectivity index (χ0n) is 9.46. The third-order valence-corrected chi connectivity index (χ3v) is 3.87. The highest BCUT2D eigenvalue weighted by molar-refractivity contribution is 5.65. The van der Waals surface area contributed by atoms with E-state index in [0.717, 1.165) is 0 Å². The molecular formula is C10H14F3NO4. The number of carboxylic acid groups (broad SMARTS) is 1. The first-order valence-corrected chi connectivity index (χ1v) is 5.59. The monoisotopic (exact) mass is 269 g/mol. The van der Waals surface area contributed by atoms with Crippen molar-refractivity contribution >= 4 is 6.09 Å². The minimum atomic E-state index is -4.72. The van der Waals surface area contributed by atoms with Crippen molar-refractivity contribution in [1.82, 2.24) is 5.32 Å². The van der Waals surface area contributed by atoms with Gasteiger partial charge in [0.2, 0.25) is 0 Å². The van der Waals surface area contributed by atoms with Crippen LogP contribution < -0.4 is 5.32 Å². The summed E-state index contributed by atoms with van der Waals surface area (Å²) in [6, 6.07) is 0. The van der Waals surface area contributed by atoms with Crippen LogP contribution in [0.3, 0.4) is 0 Å². The Morgan fingerprint density at radius 2 is 1.83 bits per heavy atom. The first-order chi connectivity index (χ1) is 8.19. The van der Waals surface area contributed by atoms with E-state index in [9.17, 15) is 23.1 Å². The average Bonchev–Trinajstić information content (AvgIpc) is 2.28. The van der Waals surface area contributed by atoms with Gasteiger partial charge in [-0.15, -0.1) is 0 Å². The Hall–Kier alpha value is -1.02. The summed E-state index contributed by atoms with van der Waals surface area (Å²) in [6.45, 7) is -0.133. The third-order valence-electron chi connectivity index (χ3n) is 3.87. The van der Waals surface area contributed by atoms with Gasteiger partial charge in [-0.2, -0.15) is 13.2 Å². The Morgan fingerprint density at radius 3 is 2.17 bits per heavy atom. The number of hydrogen-bond acceptors (Lipinski definition) is 3. The smallest absolute Gasteiger partial charge is 0.417 e. The van der Waals surface area contributed by atoms with Crippen molar-refractivity contribution in [2.75, 3.05) is 6.61 Å². The molecule has 8 heteroatoms. The summed E-state index contributed by atoms with van der Waals surface area (Å²) >= 11 is 0. The van der Waals surface area contributed by atoms with Crippen molar-refractivity contribution in [1.29, 1.82) is 0 Å². The first-order valence-electron chi connectivity index (χ1n) is 5.59. The molecular weight excluding hydrogens is 255 g/mol. The number of nitrogens with one attached hydrogen (secondary N) is 1. The quantitative estimate of drug-likeness (QED) is 0.705. The van der Waals surface area contributed by atoms with Crippen LogP contribution >= 0.6 is 0 Å². The average molecular weight is 269 g/mol. The first kappa shape index (κ1) is 13.4. The van der Waals surface area contributed by atoms with Gasteiger partial charge in [-0.1, -0.05) is 0 Å². The van der Waals surface area contributed by atoms with E-state index < -0.39 is 29.5 Å². The maximum Gasteiger partial charge on any atom is 0.417 e. The number of rotatable bonds is 2. The summed E-state index contributed by atoms with van der Waals surface area (Å²) in [5, 5.41) is 20.4. The second-order valence-corrected chi connectivity index (χ2v) is 5.01. The van der Waals surface area contributed by atoms with Crippen molar-refractivity contribution in [2.24, 2.45) is 0 Å². The molecule has 3 N–H and O–H groups in total. The number of hydrogen-bond donors (Lipinski definition) is 3. The van der Waals surface area contributed by atoms with Gasteiger partial charge in [0.25, 0.3) is 0 Å². The Bertz CT molecular complexity index is 333. The fourth-order valence-electron chi connectivity index (χ4n) is 2.76. The number of halogens is 3. The highest BCUT2D eigenvalue weighted by atomic mass is 19.4. The summed E-state index contributed by atoms with van der Waals surface area (Å²) < 4.78 is 42.8. The number of carbonyl (C=O) groups is 1. The number of aliphatic hydroxyl groups excluding tert-OH is 1. The molecule has 1 unspecified atom stereocenters. The van der Waals surface area contributed by atoms with E-state index in [1.807, 2.05) is 0 Å². The lowest BCUT2D eigenvalue weighted by Crippen LogP contribution is -2.67. The van der Waals surface area contributed by atoms with Crippen LogP contribution in [0.15, 0.2) is 0 Å². The van der Waals surface area contributed by atoms with E-state index in [1.54, 1.807) is 0 Å². The molecule has 3 fully saturated rings. The van der Waals surface area contributed by atoms with Gasteiger partial charge in [-0.05, 0) is 25.7 Å². The van der Waals surface area contributed by atoms with Gasteiger partial charge in [-0.3, -0.25) is 0 Å². The van der Waals surface area contributed by atoms with Crippen LogP contribution in [0.5, 0.6) is 0 Å². The van der Waals surface area contributed by atoms with Gasteiger partial charge in [0, 0.05) is 0 Å². The van der Waals surface area contributed by atoms with Gasteiger partial charge in [0.05, 0.1) is 12.1 Å². The van der Waals surface area contributed by atoms with E-state index >= 15 is 0 Å². The molecule has 1 aliphatic carbocycles. The van der Waals surface area contributed by atoms with Gasteiger partial charge in [0.1, 0.15) is 5.60 Å². The van der Waals surface area contributed by atoms with Gasteiger partial charge < -0.3 is 20.3 Å². The van der Waals surface area contributed by atoms with Crippen molar-refractivity contribution in [3.05, 3.63) is 0 Å². The summed E-state index contributed by atoms with van der Waals surface area (Å²) in [6.07, 6.45) is -7.99. The fourth-order valence-corrected chi connectivity index (χ4v) is 2.76. The van der Waals surface area contributed by atoms with E-state index in [1.165, 1.54) is 0 Å². The largest absolute Gasteiger partial charge is 0.465 e. The molecule has 0 spiro atoms.